The van der Waals surface area contributed by atoms with Crippen molar-refractivity contribution >= 4 is 50.1 Å². The summed E-state index contributed by atoms with van der Waals surface area (Å²) in [6.45, 7) is 1.83. The van der Waals surface area contributed by atoms with Gasteiger partial charge >= 0.3 is 0 Å². The second-order valence-corrected chi connectivity index (χ2v) is 10.5. The number of hydrogen-bond donors (Lipinski definition) is 1. The molecule has 1 amide bonds. The van der Waals surface area contributed by atoms with Crippen LogP contribution >= 0.6 is 39.0 Å². The predicted octanol–water partition coefficient (Wildman–Crippen LogP) is 6.23. The first kappa shape index (κ1) is 22.0. The molecule has 0 saturated heterocycles. The zero-order valence-corrected chi connectivity index (χ0v) is 20.2. The van der Waals surface area contributed by atoms with E-state index < -0.39 is 5.25 Å². The standard InChI is InChI=1S/C23H21BrN4OS2/c1-14(31-22-17(12-25)11-16-5-3-2-4-6-19(16)26-22)21(29)28-23-27-20(13-30-23)15-7-9-18(24)10-8-15/h7-11,13-14H,2-6H2,1H3,(H,27,28,29). The Morgan fingerprint density at radius 2 is 2.00 bits per heavy atom. The first-order valence-corrected chi connectivity index (χ1v) is 12.7. The van der Waals surface area contributed by atoms with E-state index in [1.165, 1.54) is 35.1 Å². The van der Waals surface area contributed by atoms with E-state index in [0.29, 0.717) is 15.7 Å². The zero-order chi connectivity index (χ0) is 21.8. The molecule has 1 unspecified atom stereocenters. The van der Waals surface area contributed by atoms with Gasteiger partial charge in [0.05, 0.1) is 16.5 Å². The number of nitrogens with one attached hydrogen (secondary N) is 1. The summed E-state index contributed by atoms with van der Waals surface area (Å²) in [7, 11) is 0. The number of carbonyl (C=O) groups excluding carboxylic acids is 1. The molecule has 1 atom stereocenters. The van der Waals surface area contributed by atoms with Crippen molar-refractivity contribution in [2.24, 2.45) is 0 Å². The number of thioether (sulfide) groups is 1. The Balaban J connectivity index is 1.45. The van der Waals surface area contributed by atoms with Crippen molar-refractivity contribution in [3.05, 3.63) is 57.0 Å². The van der Waals surface area contributed by atoms with Crippen molar-refractivity contribution in [3.63, 3.8) is 0 Å². The largest absolute Gasteiger partial charge is 0.301 e. The van der Waals surface area contributed by atoms with Gasteiger partial charge in [0, 0.05) is 21.1 Å². The summed E-state index contributed by atoms with van der Waals surface area (Å²) in [5.41, 5.74) is 4.63. The quantitative estimate of drug-likeness (QED) is 0.323. The molecule has 1 N–H and O–H groups in total. The summed E-state index contributed by atoms with van der Waals surface area (Å²) in [6.07, 6.45) is 5.36. The van der Waals surface area contributed by atoms with Crippen LogP contribution in [0.25, 0.3) is 11.3 Å². The molecular formula is C23H21BrN4OS2. The molecule has 1 aromatic carbocycles. The summed E-state index contributed by atoms with van der Waals surface area (Å²) in [6, 6.07) is 12.1. The number of hydrogen-bond acceptors (Lipinski definition) is 6. The van der Waals surface area contributed by atoms with Crippen molar-refractivity contribution < 1.29 is 4.79 Å². The zero-order valence-electron chi connectivity index (χ0n) is 17.0. The molecule has 0 saturated carbocycles. The van der Waals surface area contributed by atoms with Gasteiger partial charge < -0.3 is 5.32 Å². The second kappa shape index (κ2) is 9.94. The van der Waals surface area contributed by atoms with Crippen LogP contribution in [0.3, 0.4) is 0 Å². The number of aromatic nitrogens is 2. The summed E-state index contributed by atoms with van der Waals surface area (Å²) >= 11 is 6.16. The number of fused-ring (bicyclic) bond motifs is 1. The number of benzene rings is 1. The van der Waals surface area contributed by atoms with Gasteiger partial charge in [0.1, 0.15) is 11.1 Å². The van der Waals surface area contributed by atoms with Crippen molar-refractivity contribution in [2.75, 3.05) is 5.32 Å². The highest BCUT2D eigenvalue weighted by molar-refractivity contribution is 9.10. The topological polar surface area (TPSA) is 78.7 Å². The van der Waals surface area contributed by atoms with Crippen LogP contribution in [0.2, 0.25) is 0 Å². The monoisotopic (exact) mass is 512 g/mol. The Hall–Kier alpha value is -2.21. The minimum atomic E-state index is -0.400. The van der Waals surface area contributed by atoms with E-state index in [9.17, 15) is 10.1 Å². The fourth-order valence-corrected chi connectivity index (χ4v) is 5.36. The average molecular weight is 513 g/mol. The number of pyridine rings is 1. The number of rotatable bonds is 5. The number of halogens is 1. The summed E-state index contributed by atoms with van der Waals surface area (Å²) in [4.78, 5) is 22.1. The Bertz CT molecular complexity index is 1140. The second-order valence-electron chi connectivity index (χ2n) is 7.41. The Labute approximate surface area is 198 Å². The molecule has 31 heavy (non-hydrogen) atoms. The predicted molar refractivity (Wildman–Crippen MR) is 129 cm³/mol. The molecule has 5 nitrogen and oxygen atoms in total. The van der Waals surface area contributed by atoms with Gasteiger partial charge in [-0.25, -0.2) is 9.97 Å². The van der Waals surface area contributed by atoms with Crippen molar-refractivity contribution in [1.29, 1.82) is 5.26 Å². The highest BCUT2D eigenvalue weighted by atomic mass is 79.9. The molecule has 0 spiro atoms. The van der Waals surface area contributed by atoms with E-state index >= 15 is 0 Å². The van der Waals surface area contributed by atoms with Gasteiger partial charge in [0.15, 0.2) is 5.13 Å². The molecule has 158 valence electrons. The smallest absolute Gasteiger partial charge is 0.239 e. The highest BCUT2D eigenvalue weighted by Gasteiger charge is 2.21. The van der Waals surface area contributed by atoms with Gasteiger partial charge in [-0.15, -0.1) is 11.3 Å². The van der Waals surface area contributed by atoms with Crippen LogP contribution in [0, 0.1) is 11.3 Å². The van der Waals surface area contributed by atoms with Gasteiger partial charge in [-0.1, -0.05) is 46.2 Å². The number of amides is 1. The number of nitriles is 1. The molecular weight excluding hydrogens is 492 g/mol. The third kappa shape index (κ3) is 5.35. The summed E-state index contributed by atoms with van der Waals surface area (Å²) in [5, 5.41) is 15.2. The Morgan fingerprint density at radius 1 is 1.23 bits per heavy atom. The number of nitrogens with zero attached hydrogens (tertiary/aromatic N) is 3. The molecule has 0 fully saturated rings. The van der Waals surface area contributed by atoms with Gasteiger partial charge in [-0.05, 0) is 56.4 Å². The van der Waals surface area contributed by atoms with Crippen molar-refractivity contribution in [2.45, 2.75) is 49.3 Å². The molecule has 1 aliphatic rings. The maximum absolute atomic E-state index is 12.8. The summed E-state index contributed by atoms with van der Waals surface area (Å²) in [5.74, 6) is -0.151. The molecule has 4 rings (SSSR count). The molecule has 0 radical (unpaired) electrons. The first-order chi connectivity index (χ1) is 15.0. The SMILES string of the molecule is CC(Sc1nc2c(cc1C#N)CCCCC2)C(=O)Nc1nc(-c2ccc(Br)cc2)cs1. The molecule has 2 aromatic heterocycles. The van der Waals surface area contributed by atoms with Crippen LogP contribution in [0.1, 0.15) is 43.0 Å². The van der Waals surface area contributed by atoms with E-state index in [0.717, 1.165) is 47.1 Å². The fourth-order valence-electron chi connectivity index (χ4n) is 3.47. The lowest BCUT2D eigenvalue weighted by molar-refractivity contribution is -0.115. The van der Waals surface area contributed by atoms with Crippen LogP contribution in [-0.4, -0.2) is 21.1 Å². The van der Waals surface area contributed by atoms with Crippen LogP contribution in [0.4, 0.5) is 5.13 Å². The highest BCUT2D eigenvalue weighted by Crippen LogP contribution is 2.31. The van der Waals surface area contributed by atoms with Crippen LogP contribution in [0.5, 0.6) is 0 Å². The van der Waals surface area contributed by atoms with Crippen molar-refractivity contribution in [1.82, 2.24) is 9.97 Å². The van der Waals surface area contributed by atoms with E-state index in [4.69, 9.17) is 4.98 Å². The maximum atomic E-state index is 12.8. The normalized spacial score (nSPS) is 14.2. The average Bonchev–Trinajstić information content (AvgIpc) is 3.11. The first-order valence-electron chi connectivity index (χ1n) is 10.2. The number of anilines is 1. The van der Waals surface area contributed by atoms with Gasteiger partial charge in [0.25, 0.3) is 0 Å². The van der Waals surface area contributed by atoms with Crippen LogP contribution in [-0.2, 0) is 17.6 Å². The molecule has 1 aliphatic carbocycles. The minimum absolute atomic E-state index is 0.151. The van der Waals surface area contributed by atoms with Gasteiger partial charge in [0.2, 0.25) is 5.91 Å². The summed E-state index contributed by atoms with van der Waals surface area (Å²) < 4.78 is 1.01. The number of thiazole rings is 1. The molecule has 3 aromatic rings. The lowest BCUT2D eigenvalue weighted by atomic mass is 10.1. The Morgan fingerprint density at radius 3 is 2.77 bits per heavy atom. The van der Waals surface area contributed by atoms with Gasteiger partial charge in [-0.2, -0.15) is 5.26 Å². The third-order valence-corrected chi connectivity index (χ3v) is 7.56. The number of aryl methyl sites for hydroxylation is 2. The van der Waals surface area contributed by atoms with E-state index in [-0.39, 0.29) is 5.91 Å². The minimum Gasteiger partial charge on any atom is -0.301 e. The lowest BCUT2D eigenvalue weighted by Gasteiger charge is -2.13. The van der Waals surface area contributed by atoms with E-state index in [1.54, 1.807) is 0 Å². The van der Waals surface area contributed by atoms with E-state index in [1.807, 2.05) is 42.6 Å². The van der Waals surface area contributed by atoms with Gasteiger partial charge in [-0.3, -0.25) is 4.79 Å². The van der Waals surface area contributed by atoms with Crippen molar-refractivity contribution in [3.8, 4) is 17.3 Å². The lowest BCUT2D eigenvalue weighted by Crippen LogP contribution is -2.22. The van der Waals surface area contributed by atoms with E-state index in [2.05, 4.69) is 32.3 Å². The van der Waals surface area contributed by atoms with Crippen LogP contribution in [0.15, 0.2) is 45.2 Å². The third-order valence-electron chi connectivity index (χ3n) is 5.17. The maximum Gasteiger partial charge on any atom is 0.239 e. The fraction of sp³-hybridized carbons (Fsp3) is 0.304. The Kier molecular flexibility index (Phi) is 7.06. The molecule has 2 heterocycles. The molecule has 8 heteroatoms. The molecule has 0 bridgehead atoms. The molecule has 0 aliphatic heterocycles. The van der Waals surface area contributed by atoms with Crippen LogP contribution < -0.4 is 5.32 Å². The number of carbonyl (C=O) groups is 1.